The van der Waals surface area contributed by atoms with Crippen molar-refractivity contribution in [3.05, 3.63) is 23.6 Å². The van der Waals surface area contributed by atoms with E-state index in [0.29, 0.717) is 18.4 Å². The van der Waals surface area contributed by atoms with E-state index < -0.39 is 0 Å². The maximum absolute atomic E-state index is 13.7. The van der Waals surface area contributed by atoms with Gasteiger partial charge in [-0.2, -0.15) is 0 Å². The number of nitrogens with zero attached hydrogens (tertiary/aromatic N) is 1. The summed E-state index contributed by atoms with van der Waals surface area (Å²) < 4.78 is 13.7. The van der Waals surface area contributed by atoms with Crippen molar-refractivity contribution < 1.29 is 4.39 Å². The van der Waals surface area contributed by atoms with Crippen LogP contribution in [0.15, 0.2) is 23.6 Å². The van der Waals surface area contributed by atoms with E-state index in [1.807, 2.05) is 6.08 Å². The van der Waals surface area contributed by atoms with Crippen LogP contribution in [0.2, 0.25) is 0 Å². The Morgan fingerprint density at radius 1 is 1.35 bits per heavy atom. The zero-order valence-electron chi connectivity index (χ0n) is 10.9. The molecule has 1 aliphatic heterocycles. The topological polar surface area (TPSA) is 3.24 Å². The second-order valence-electron chi connectivity index (χ2n) is 6.25. The fourth-order valence-corrected chi connectivity index (χ4v) is 3.87. The van der Waals surface area contributed by atoms with Crippen molar-refractivity contribution in [1.82, 2.24) is 4.90 Å². The van der Waals surface area contributed by atoms with Crippen LogP contribution in [0.4, 0.5) is 4.39 Å². The van der Waals surface area contributed by atoms with E-state index in [9.17, 15) is 4.39 Å². The van der Waals surface area contributed by atoms with Crippen molar-refractivity contribution in [2.24, 2.45) is 11.3 Å². The third kappa shape index (κ3) is 1.77. The van der Waals surface area contributed by atoms with Crippen LogP contribution in [0.1, 0.15) is 39.5 Å². The molecule has 0 N–H and O–H groups in total. The van der Waals surface area contributed by atoms with Crippen molar-refractivity contribution in [3.63, 3.8) is 0 Å². The molecule has 3 unspecified atom stereocenters. The number of hydrogen-bond acceptors (Lipinski definition) is 1. The Kier molecular flexibility index (Phi) is 2.66. The van der Waals surface area contributed by atoms with E-state index in [1.165, 1.54) is 25.0 Å². The highest BCUT2D eigenvalue weighted by atomic mass is 19.1. The molecule has 17 heavy (non-hydrogen) atoms. The van der Waals surface area contributed by atoms with Crippen molar-refractivity contribution in [3.8, 4) is 0 Å². The average molecular weight is 235 g/mol. The van der Waals surface area contributed by atoms with Crippen molar-refractivity contribution in [2.75, 3.05) is 13.1 Å². The molecule has 94 valence electrons. The highest BCUT2D eigenvalue weighted by Gasteiger charge is 2.50. The molecule has 4 rings (SSSR count). The minimum absolute atomic E-state index is 0.0798. The van der Waals surface area contributed by atoms with Crippen molar-refractivity contribution in [2.45, 2.75) is 45.6 Å². The summed E-state index contributed by atoms with van der Waals surface area (Å²) in [6.45, 7) is 6.89. The van der Waals surface area contributed by atoms with Gasteiger partial charge in [-0.05, 0) is 50.1 Å². The van der Waals surface area contributed by atoms with Crippen LogP contribution in [-0.2, 0) is 0 Å². The van der Waals surface area contributed by atoms with Gasteiger partial charge in [0, 0.05) is 19.0 Å². The van der Waals surface area contributed by atoms with Gasteiger partial charge >= 0.3 is 0 Å². The van der Waals surface area contributed by atoms with Gasteiger partial charge in [0.1, 0.15) is 5.83 Å². The van der Waals surface area contributed by atoms with Crippen LogP contribution >= 0.6 is 0 Å². The highest BCUT2D eigenvalue weighted by Crippen LogP contribution is 2.56. The maximum Gasteiger partial charge on any atom is 0.101 e. The average Bonchev–Trinajstić information content (AvgIpc) is 2.55. The van der Waals surface area contributed by atoms with Crippen LogP contribution in [0.25, 0.3) is 0 Å². The van der Waals surface area contributed by atoms with E-state index in [2.05, 4.69) is 18.7 Å². The lowest BCUT2D eigenvalue weighted by molar-refractivity contribution is 0.0486. The lowest BCUT2D eigenvalue weighted by Crippen LogP contribution is -2.49. The first-order chi connectivity index (χ1) is 8.11. The van der Waals surface area contributed by atoms with Gasteiger partial charge < -0.3 is 4.90 Å². The quantitative estimate of drug-likeness (QED) is 0.705. The van der Waals surface area contributed by atoms with E-state index in [1.54, 1.807) is 6.08 Å². The Morgan fingerprint density at radius 2 is 2.18 bits per heavy atom. The van der Waals surface area contributed by atoms with Gasteiger partial charge in [-0.3, -0.25) is 0 Å². The monoisotopic (exact) mass is 235 g/mol. The Balaban J connectivity index is 1.77. The molecule has 0 aromatic rings. The van der Waals surface area contributed by atoms with Crippen LogP contribution in [0.5, 0.6) is 0 Å². The molecule has 3 aliphatic carbocycles. The molecule has 0 spiro atoms. The largest absolute Gasteiger partial charge is 0.300 e. The van der Waals surface area contributed by atoms with Gasteiger partial charge in [0.2, 0.25) is 0 Å². The van der Waals surface area contributed by atoms with Gasteiger partial charge in [0.15, 0.2) is 0 Å². The molecule has 1 saturated carbocycles. The molecule has 0 aromatic carbocycles. The molecule has 0 amide bonds. The number of allylic oxidation sites excluding steroid dienone is 4. The predicted octanol–water partition coefficient (Wildman–Crippen LogP) is 3.68. The van der Waals surface area contributed by atoms with E-state index >= 15 is 0 Å². The Labute approximate surface area is 103 Å². The van der Waals surface area contributed by atoms with Crippen molar-refractivity contribution in [1.29, 1.82) is 0 Å². The van der Waals surface area contributed by atoms with E-state index in [0.717, 1.165) is 13.0 Å². The van der Waals surface area contributed by atoms with E-state index in [4.69, 9.17) is 0 Å². The summed E-state index contributed by atoms with van der Waals surface area (Å²) in [6.07, 6.45) is 8.09. The second kappa shape index (κ2) is 3.94. The maximum atomic E-state index is 13.7. The lowest BCUT2D eigenvalue weighted by Gasteiger charge is -2.51. The summed E-state index contributed by atoms with van der Waals surface area (Å²) in [7, 11) is 0. The second-order valence-corrected chi connectivity index (χ2v) is 6.25. The zero-order chi connectivity index (χ0) is 12.0. The van der Waals surface area contributed by atoms with Gasteiger partial charge in [-0.15, -0.1) is 0 Å². The number of rotatable bonds is 2. The predicted molar refractivity (Wildman–Crippen MR) is 68.4 cm³/mol. The molecule has 3 atom stereocenters. The molecule has 2 fully saturated rings. The molecular weight excluding hydrogens is 213 g/mol. The SMILES string of the molecule is CC1CCCN1CC12CC(F)=CC=C(C1)C2C. The Bertz CT molecular complexity index is 384. The molecule has 2 heteroatoms. The number of hydrogen-bond donors (Lipinski definition) is 0. The standard InChI is InChI=1S/C15H22FN/c1-11-4-3-7-17(11)10-15-8-13(12(15)2)5-6-14(16)9-15/h5-6,11-12H,3-4,7-10H2,1-2H3. The third-order valence-electron chi connectivity index (χ3n) is 5.24. The number of fused-ring (bicyclic) bond motifs is 2. The molecule has 1 heterocycles. The highest BCUT2D eigenvalue weighted by molar-refractivity contribution is 5.33. The van der Waals surface area contributed by atoms with Crippen LogP contribution in [0, 0.1) is 11.3 Å². The fourth-order valence-electron chi connectivity index (χ4n) is 3.87. The zero-order valence-corrected chi connectivity index (χ0v) is 10.9. The Hall–Kier alpha value is -0.630. The van der Waals surface area contributed by atoms with Crippen LogP contribution < -0.4 is 0 Å². The molecule has 1 nitrogen and oxygen atoms in total. The third-order valence-corrected chi connectivity index (χ3v) is 5.24. The summed E-state index contributed by atoms with van der Waals surface area (Å²) >= 11 is 0. The summed E-state index contributed by atoms with van der Waals surface area (Å²) in [5, 5.41) is 0. The van der Waals surface area contributed by atoms with Crippen LogP contribution in [-0.4, -0.2) is 24.0 Å². The minimum atomic E-state index is 0.0798. The van der Waals surface area contributed by atoms with E-state index in [-0.39, 0.29) is 11.2 Å². The number of likely N-dealkylation sites (tertiary alicyclic amines) is 1. The first-order valence-corrected chi connectivity index (χ1v) is 6.90. The Morgan fingerprint density at radius 3 is 2.82 bits per heavy atom. The summed E-state index contributed by atoms with van der Waals surface area (Å²) in [5.41, 5.74) is 1.64. The summed E-state index contributed by atoms with van der Waals surface area (Å²) in [4.78, 5) is 2.58. The fraction of sp³-hybridized carbons (Fsp3) is 0.733. The molecule has 4 aliphatic rings. The lowest BCUT2D eigenvalue weighted by atomic mass is 9.56. The summed E-state index contributed by atoms with van der Waals surface area (Å²) in [5.74, 6) is 0.649. The molecule has 1 saturated heterocycles. The normalized spacial score (nSPS) is 41.6. The van der Waals surface area contributed by atoms with Gasteiger partial charge in [0.05, 0.1) is 0 Å². The van der Waals surface area contributed by atoms with Gasteiger partial charge in [0.25, 0.3) is 0 Å². The molecule has 0 radical (unpaired) electrons. The van der Waals surface area contributed by atoms with Gasteiger partial charge in [-0.25, -0.2) is 4.39 Å². The minimum Gasteiger partial charge on any atom is -0.300 e. The summed E-state index contributed by atoms with van der Waals surface area (Å²) in [6, 6.07) is 0.694. The van der Waals surface area contributed by atoms with Gasteiger partial charge in [-0.1, -0.05) is 18.6 Å². The molecule has 2 bridgehead atoms. The first kappa shape index (κ1) is 11.5. The molecule has 0 aromatic heterocycles. The van der Waals surface area contributed by atoms with Crippen molar-refractivity contribution >= 4 is 0 Å². The molecular formula is C15H22FN. The smallest absolute Gasteiger partial charge is 0.101 e. The first-order valence-electron chi connectivity index (χ1n) is 6.90. The number of halogens is 1. The van der Waals surface area contributed by atoms with Crippen LogP contribution in [0.3, 0.4) is 0 Å².